The van der Waals surface area contributed by atoms with Gasteiger partial charge in [-0.05, 0) is 24.5 Å². The molecule has 0 aliphatic carbocycles. The van der Waals surface area contributed by atoms with Crippen molar-refractivity contribution >= 4 is 5.82 Å². The van der Waals surface area contributed by atoms with Crippen molar-refractivity contribution in [1.29, 1.82) is 0 Å². The highest BCUT2D eigenvalue weighted by molar-refractivity contribution is 5.39. The fraction of sp³-hybridized carbons (Fsp3) is 0.375. The van der Waals surface area contributed by atoms with Gasteiger partial charge in [0.1, 0.15) is 0 Å². The van der Waals surface area contributed by atoms with E-state index in [2.05, 4.69) is 4.98 Å². The van der Waals surface area contributed by atoms with Crippen LogP contribution in [-0.4, -0.2) is 29.2 Å². The van der Waals surface area contributed by atoms with Gasteiger partial charge in [-0.2, -0.15) is 0 Å². The summed E-state index contributed by atoms with van der Waals surface area (Å²) in [5.41, 5.74) is -0.0800. The van der Waals surface area contributed by atoms with Gasteiger partial charge in [0.25, 0.3) is 5.56 Å². The predicted octanol–water partition coefficient (Wildman–Crippen LogP) is 1.82. The molecule has 0 saturated carbocycles. The molecule has 5 nitrogen and oxygen atoms in total. The third-order valence-corrected chi connectivity index (χ3v) is 3.88. The molecule has 116 valence electrons. The average Bonchev–Trinajstić information content (AvgIpc) is 2.47. The molecular formula is C16H18FN3O2. The SMILES string of the molecule is Cn1ccnc(N2CC(CCOc3ccccc3F)C2)c1=O. The molecule has 0 unspecified atom stereocenters. The maximum atomic E-state index is 13.4. The average molecular weight is 303 g/mol. The van der Waals surface area contributed by atoms with Gasteiger partial charge < -0.3 is 14.2 Å². The molecule has 2 aromatic rings. The predicted molar refractivity (Wildman–Crippen MR) is 81.7 cm³/mol. The van der Waals surface area contributed by atoms with Gasteiger partial charge in [0, 0.05) is 32.5 Å². The summed E-state index contributed by atoms with van der Waals surface area (Å²) in [5.74, 6) is 0.891. The second-order valence-corrected chi connectivity index (χ2v) is 5.51. The molecular weight excluding hydrogens is 285 g/mol. The topological polar surface area (TPSA) is 47.4 Å². The van der Waals surface area contributed by atoms with Gasteiger partial charge in [-0.1, -0.05) is 12.1 Å². The number of rotatable bonds is 5. The van der Waals surface area contributed by atoms with Crippen LogP contribution < -0.4 is 15.2 Å². The van der Waals surface area contributed by atoms with E-state index in [-0.39, 0.29) is 17.1 Å². The molecule has 0 bridgehead atoms. The lowest BCUT2D eigenvalue weighted by molar-refractivity contribution is 0.248. The first kappa shape index (κ1) is 14.6. The van der Waals surface area contributed by atoms with Crippen molar-refractivity contribution in [2.75, 3.05) is 24.6 Å². The van der Waals surface area contributed by atoms with Crippen LogP contribution in [0.1, 0.15) is 6.42 Å². The Morgan fingerprint density at radius 2 is 2.14 bits per heavy atom. The van der Waals surface area contributed by atoms with E-state index in [4.69, 9.17) is 4.74 Å². The molecule has 22 heavy (non-hydrogen) atoms. The van der Waals surface area contributed by atoms with Crippen molar-refractivity contribution in [1.82, 2.24) is 9.55 Å². The largest absolute Gasteiger partial charge is 0.491 e. The molecule has 1 fully saturated rings. The Labute approximate surface area is 128 Å². The molecule has 0 radical (unpaired) electrons. The van der Waals surface area contributed by atoms with E-state index in [0.717, 1.165) is 19.5 Å². The second-order valence-electron chi connectivity index (χ2n) is 5.51. The van der Waals surface area contributed by atoms with E-state index >= 15 is 0 Å². The first-order valence-corrected chi connectivity index (χ1v) is 7.29. The summed E-state index contributed by atoms with van der Waals surface area (Å²) in [7, 11) is 1.72. The van der Waals surface area contributed by atoms with E-state index in [1.54, 1.807) is 37.6 Å². The summed E-state index contributed by atoms with van der Waals surface area (Å²) in [6.45, 7) is 2.04. The van der Waals surface area contributed by atoms with Crippen LogP contribution in [0.15, 0.2) is 41.5 Å². The minimum atomic E-state index is -0.338. The number of aromatic nitrogens is 2. The highest BCUT2D eigenvalue weighted by Gasteiger charge is 2.29. The monoisotopic (exact) mass is 303 g/mol. The Balaban J connectivity index is 1.47. The third kappa shape index (κ3) is 2.95. The van der Waals surface area contributed by atoms with Crippen LogP contribution in [0.2, 0.25) is 0 Å². The molecule has 6 heteroatoms. The minimum Gasteiger partial charge on any atom is -0.491 e. The number of benzene rings is 1. The number of para-hydroxylation sites is 1. The molecule has 3 rings (SSSR count). The first-order chi connectivity index (χ1) is 10.6. The second kappa shape index (κ2) is 6.17. The number of anilines is 1. The standard InChI is InChI=1S/C16H18FN3O2/c1-19-8-7-18-15(16(19)21)20-10-12(11-20)6-9-22-14-5-3-2-4-13(14)17/h2-5,7-8,12H,6,9-11H2,1H3. The van der Waals surface area contributed by atoms with Crippen molar-refractivity contribution in [3.63, 3.8) is 0 Å². The van der Waals surface area contributed by atoms with Gasteiger partial charge in [0.2, 0.25) is 0 Å². The highest BCUT2D eigenvalue weighted by atomic mass is 19.1. The van der Waals surface area contributed by atoms with Crippen LogP contribution in [0, 0.1) is 11.7 Å². The minimum absolute atomic E-state index is 0.0800. The van der Waals surface area contributed by atoms with Crippen LogP contribution in [-0.2, 0) is 7.05 Å². The molecule has 2 heterocycles. The van der Waals surface area contributed by atoms with Gasteiger partial charge in [-0.25, -0.2) is 9.37 Å². The van der Waals surface area contributed by atoms with E-state index in [0.29, 0.717) is 18.3 Å². The Hall–Kier alpha value is -2.37. The molecule has 1 aliphatic heterocycles. The van der Waals surface area contributed by atoms with Crippen LogP contribution in [0.4, 0.5) is 10.2 Å². The van der Waals surface area contributed by atoms with E-state index < -0.39 is 0 Å². The maximum absolute atomic E-state index is 13.4. The molecule has 0 amide bonds. The number of nitrogens with zero attached hydrogens (tertiary/aromatic N) is 3. The lowest BCUT2D eigenvalue weighted by Crippen LogP contribution is -2.50. The van der Waals surface area contributed by atoms with E-state index in [1.807, 2.05) is 4.90 Å². The lowest BCUT2D eigenvalue weighted by atomic mass is 9.97. The molecule has 1 saturated heterocycles. The van der Waals surface area contributed by atoms with Crippen molar-refractivity contribution in [3.05, 3.63) is 52.8 Å². The van der Waals surface area contributed by atoms with Gasteiger partial charge in [-0.3, -0.25) is 4.79 Å². The summed E-state index contributed by atoms with van der Waals surface area (Å²) in [6.07, 6.45) is 4.11. The zero-order valence-electron chi connectivity index (χ0n) is 12.4. The van der Waals surface area contributed by atoms with Gasteiger partial charge in [0.05, 0.1) is 6.61 Å². The summed E-state index contributed by atoms with van der Waals surface area (Å²) in [5, 5.41) is 0. The molecule has 1 aromatic carbocycles. The summed E-state index contributed by atoms with van der Waals surface area (Å²) in [4.78, 5) is 18.1. The third-order valence-electron chi connectivity index (χ3n) is 3.88. The maximum Gasteiger partial charge on any atom is 0.293 e. The fourth-order valence-electron chi connectivity index (χ4n) is 2.52. The summed E-state index contributed by atoms with van der Waals surface area (Å²) in [6, 6.07) is 6.40. The smallest absolute Gasteiger partial charge is 0.293 e. The molecule has 0 N–H and O–H groups in total. The number of halogens is 1. The zero-order valence-corrected chi connectivity index (χ0v) is 12.4. The quantitative estimate of drug-likeness (QED) is 0.845. The van der Waals surface area contributed by atoms with Gasteiger partial charge >= 0.3 is 0 Å². The molecule has 0 spiro atoms. The van der Waals surface area contributed by atoms with Crippen LogP contribution in [0.5, 0.6) is 5.75 Å². The Morgan fingerprint density at radius 1 is 1.36 bits per heavy atom. The first-order valence-electron chi connectivity index (χ1n) is 7.29. The summed E-state index contributed by atoms with van der Waals surface area (Å²) < 4.78 is 20.4. The molecule has 1 aromatic heterocycles. The number of hydrogen-bond acceptors (Lipinski definition) is 4. The van der Waals surface area contributed by atoms with Crippen molar-refractivity contribution < 1.29 is 9.13 Å². The molecule has 0 atom stereocenters. The summed E-state index contributed by atoms with van der Waals surface area (Å²) >= 11 is 0. The van der Waals surface area contributed by atoms with Crippen molar-refractivity contribution in [2.24, 2.45) is 13.0 Å². The van der Waals surface area contributed by atoms with Gasteiger partial charge in [-0.15, -0.1) is 0 Å². The lowest BCUT2D eigenvalue weighted by Gasteiger charge is -2.39. The van der Waals surface area contributed by atoms with Crippen molar-refractivity contribution in [3.8, 4) is 5.75 Å². The van der Waals surface area contributed by atoms with Gasteiger partial charge in [0.15, 0.2) is 17.4 Å². The Bertz CT molecular complexity index is 711. The number of aryl methyl sites for hydroxylation is 1. The van der Waals surface area contributed by atoms with Crippen LogP contribution in [0.25, 0.3) is 0 Å². The number of ether oxygens (including phenoxy) is 1. The normalized spacial score (nSPS) is 14.7. The Morgan fingerprint density at radius 3 is 2.91 bits per heavy atom. The fourth-order valence-corrected chi connectivity index (χ4v) is 2.52. The zero-order chi connectivity index (χ0) is 15.5. The van der Waals surface area contributed by atoms with Crippen LogP contribution >= 0.6 is 0 Å². The number of hydrogen-bond donors (Lipinski definition) is 0. The van der Waals surface area contributed by atoms with Crippen molar-refractivity contribution in [2.45, 2.75) is 6.42 Å². The van der Waals surface area contributed by atoms with E-state index in [1.165, 1.54) is 10.6 Å². The molecule has 1 aliphatic rings. The Kier molecular flexibility index (Phi) is 4.09. The highest BCUT2D eigenvalue weighted by Crippen LogP contribution is 2.23. The van der Waals surface area contributed by atoms with E-state index in [9.17, 15) is 9.18 Å². The van der Waals surface area contributed by atoms with Crippen LogP contribution in [0.3, 0.4) is 0 Å².